The predicted octanol–water partition coefficient (Wildman–Crippen LogP) is 2.15. The van der Waals surface area contributed by atoms with Gasteiger partial charge in [-0.15, -0.1) is 11.3 Å². The van der Waals surface area contributed by atoms with Gasteiger partial charge in [0.05, 0.1) is 6.04 Å². The monoisotopic (exact) mass is 262 g/mol. The highest BCUT2D eigenvalue weighted by atomic mass is 32.1. The Hall–Kier alpha value is -1.69. The summed E-state index contributed by atoms with van der Waals surface area (Å²) in [5, 5.41) is 2.97. The number of hydrogen-bond acceptors (Lipinski definition) is 4. The summed E-state index contributed by atoms with van der Waals surface area (Å²) in [5.41, 5.74) is 0.906. The second kappa shape index (κ2) is 4.53. The molecule has 3 rings (SSSR count). The number of imidazole rings is 1. The Morgan fingerprint density at radius 1 is 1.56 bits per heavy atom. The molecule has 1 unspecified atom stereocenters. The maximum Gasteiger partial charge on any atom is 0.290 e. The molecule has 3 heterocycles. The van der Waals surface area contributed by atoms with Crippen molar-refractivity contribution in [1.29, 1.82) is 0 Å². The Kier molecular flexibility index (Phi) is 2.87. The average Bonchev–Trinajstić information content (AvgIpc) is 3.08. The van der Waals surface area contributed by atoms with Crippen molar-refractivity contribution in [3.05, 3.63) is 34.3 Å². The number of carbonyl (C=O) groups excluding carboxylic acids is 1. The number of likely N-dealkylation sites (tertiary alicyclic amines) is 1. The van der Waals surface area contributed by atoms with Crippen LogP contribution in [0.25, 0.3) is 0 Å². The number of aromatic nitrogens is 3. The zero-order chi connectivity index (χ0) is 12.5. The molecule has 0 bridgehead atoms. The zero-order valence-electron chi connectivity index (χ0n) is 10.1. The molecular formula is C12H14N4OS. The third-order valence-electron chi connectivity index (χ3n) is 3.16. The van der Waals surface area contributed by atoms with E-state index >= 15 is 0 Å². The molecule has 0 aliphatic carbocycles. The highest BCUT2D eigenvalue weighted by Gasteiger charge is 2.33. The lowest BCUT2D eigenvalue weighted by molar-refractivity contribution is 0.0724. The van der Waals surface area contributed by atoms with Crippen LogP contribution in [0.15, 0.2) is 17.8 Å². The lowest BCUT2D eigenvalue weighted by atomic mass is 10.2. The van der Waals surface area contributed by atoms with Crippen LogP contribution in [0, 0.1) is 6.92 Å². The van der Waals surface area contributed by atoms with Gasteiger partial charge in [0.1, 0.15) is 5.01 Å². The van der Waals surface area contributed by atoms with Crippen molar-refractivity contribution in [3.63, 3.8) is 0 Å². The van der Waals surface area contributed by atoms with Crippen molar-refractivity contribution >= 4 is 17.2 Å². The number of amides is 1. The molecule has 5 nitrogen and oxygen atoms in total. The van der Waals surface area contributed by atoms with Crippen molar-refractivity contribution in [1.82, 2.24) is 19.9 Å². The Labute approximate surface area is 109 Å². The Morgan fingerprint density at radius 3 is 3.11 bits per heavy atom. The summed E-state index contributed by atoms with van der Waals surface area (Å²) in [6, 6.07) is 0.114. The summed E-state index contributed by atoms with van der Waals surface area (Å²) < 4.78 is 0. The molecule has 18 heavy (non-hydrogen) atoms. The zero-order valence-corrected chi connectivity index (χ0v) is 10.9. The van der Waals surface area contributed by atoms with Gasteiger partial charge in [-0.2, -0.15) is 0 Å². The van der Waals surface area contributed by atoms with E-state index in [1.807, 2.05) is 17.2 Å². The molecule has 6 heteroatoms. The van der Waals surface area contributed by atoms with Crippen molar-refractivity contribution in [2.75, 3.05) is 6.54 Å². The Balaban J connectivity index is 1.85. The lowest BCUT2D eigenvalue weighted by Gasteiger charge is -2.21. The average molecular weight is 262 g/mol. The van der Waals surface area contributed by atoms with Gasteiger partial charge in [-0.05, 0) is 19.8 Å². The Morgan fingerprint density at radius 2 is 2.44 bits per heavy atom. The van der Waals surface area contributed by atoms with Gasteiger partial charge >= 0.3 is 0 Å². The lowest BCUT2D eigenvalue weighted by Crippen LogP contribution is -2.31. The summed E-state index contributed by atoms with van der Waals surface area (Å²) in [7, 11) is 0. The number of thiazole rings is 1. The van der Waals surface area contributed by atoms with Gasteiger partial charge in [-0.3, -0.25) is 4.79 Å². The van der Waals surface area contributed by atoms with Crippen LogP contribution in [0.5, 0.6) is 0 Å². The highest BCUT2D eigenvalue weighted by molar-refractivity contribution is 7.09. The fourth-order valence-corrected chi connectivity index (χ4v) is 3.11. The van der Waals surface area contributed by atoms with Crippen LogP contribution in [0.1, 0.15) is 40.2 Å². The molecule has 2 aromatic rings. The third kappa shape index (κ3) is 1.92. The highest BCUT2D eigenvalue weighted by Crippen LogP contribution is 2.33. The molecule has 1 aliphatic rings. The molecular weight excluding hydrogens is 248 g/mol. The van der Waals surface area contributed by atoms with Crippen LogP contribution >= 0.6 is 11.3 Å². The van der Waals surface area contributed by atoms with E-state index in [1.54, 1.807) is 23.7 Å². The summed E-state index contributed by atoms with van der Waals surface area (Å²) in [4.78, 5) is 25.7. The number of nitrogens with one attached hydrogen (secondary N) is 1. The predicted molar refractivity (Wildman–Crippen MR) is 68.5 cm³/mol. The molecule has 1 aliphatic heterocycles. The van der Waals surface area contributed by atoms with Gasteiger partial charge < -0.3 is 9.88 Å². The van der Waals surface area contributed by atoms with Gasteiger partial charge in [0, 0.05) is 30.0 Å². The van der Waals surface area contributed by atoms with Crippen LogP contribution in [-0.4, -0.2) is 32.3 Å². The fourth-order valence-electron chi connectivity index (χ4n) is 2.32. The van der Waals surface area contributed by atoms with Crippen LogP contribution in [0.2, 0.25) is 0 Å². The normalized spacial score (nSPS) is 19.4. The van der Waals surface area contributed by atoms with E-state index in [1.165, 1.54) is 0 Å². The number of nitrogens with zero attached hydrogens (tertiary/aromatic N) is 3. The molecule has 1 N–H and O–H groups in total. The molecule has 1 fully saturated rings. The number of carbonyl (C=O) groups is 1. The van der Waals surface area contributed by atoms with Crippen LogP contribution in [0.4, 0.5) is 0 Å². The van der Waals surface area contributed by atoms with E-state index in [9.17, 15) is 4.79 Å². The molecule has 0 radical (unpaired) electrons. The topological polar surface area (TPSA) is 61.9 Å². The molecule has 2 aromatic heterocycles. The van der Waals surface area contributed by atoms with E-state index in [0.717, 1.165) is 30.1 Å². The van der Waals surface area contributed by atoms with E-state index in [4.69, 9.17) is 0 Å². The minimum Gasteiger partial charge on any atom is -0.338 e. The maximum atomic E-state index is 12.4. The van der Waals surface area contributed by atoms with Crippen LogP contribution in [0.3, 0.4) is 0 Å². The molecule has 0 spiro atoms. The van der Waals surface area contributed by atoms with Crippen molar-refractivity contribution in [3.8, 4) is 0 Å². The SMILES string of the molecule is Cc1cnc(C(=O)N2CCCC2c2nccs2)[nH]1. The van der Waals surface area contributed by atoms with E-state index in [2.05, 4.69) is 15.0 Å². The standard InChI is InChI=1S/C12H14N4OS/c1-8-7-14-10(15-8)12(17)16-5-2-3-9(16)11-13-4-6-18-11/h4,6-7,9H,2-3,5H2,1H3,(H,14,15). The van der Waals surface area contributed by atoms with Crippen molar-refractivity contribution < 1.29 is 4.79 Å². The number of H-pyrrole nitrogens is 1. The van der Waals surface area contributed by atoms with Gasteiger partial charge in [0.15, 0.2) is 5.82 Å². The summed E-state index contributed by atoms with van der Waals surface area (Å²) in [6.07, 6.45) is 5.48. The maximum absolute atomic E-state index is 12.4. The molecule has 0 aromatic carbocycles. The van der Waals surface area contributed by atoms with Gasteiger partial charge in [0.2, 0.25) is 0 Å². The molecule has 94 valence electrons. The molecule has 1 atom stereocenters. The fraction of sp³-hybridized carbons (Fsp3) is 0.417. The number of rotatable bonds is 2. The van der Waals surface area contributed by atoms with Crippen LogP contribution < -0.4 is 0 Å². The van der Waals surface area contributed by atoms with E-state index < -0.39 is 0 Å². The quantitative estimate of drug-likeness (QED) is 0.902. The second-order valence-electron chi connectivity index (χ2n) is 4.44. The first-order chi connectivity index (χ1) is 8.75. The summed E-state index contributed by atoms with van der Waals surface area (Å²) in [5.74, 6) is 0.400. The van der Waals surface area contributed by atoms with Gasteiger partial charge in [-0.25, -0.2) is 9.97 Å². The first kappa shape index (κ1) is 11.4. The van der Waals surface area contributed by atoms with E-state index in [-0.39, 0.29) is 11.9 Å². The largest absolute Gasteiger partial charge is 0.338 e. The van der Waals surface area contributed by atoms with Crippen molar-refractivity contribution in [2.45, 2.75) is 25.8 Å². The Bertz CT molecular complexity index is 548. The number of hydrogen-bond donors (Lipinski definition) is 1. The van der Waals surface area contributed by atoms with Gasteiger partial charge in [0.25, 0.3) is 5.91 Å². The smallest absolute Gasteiger partial charge is 0.290 e. The number of aryl methyl sites for hydroxylation is 1. The molecule has 1 saturated heterocycles. The first-order valence-electron chi connectivity index (χ1n) is 5.97. The third-order valence-corrected chi connectivity index (χ3v) is 4.03. The minimum absolute atomic E-state index is 0.0270. The minimum atomic E-state index is -0.0270. The summed E-state index contributed by atoms with van der Waals surface area (Å²) >= 11 is 1.61. The van der Waals surface area contributed by atoms with Crippen molar-refractivity contribution in [2.24, 2.45) is 0 Å². The van der Waals surface area contributed by atoms with Crippen LogP contribution in [-0.2, 0) is 0 Å². The second-order valence-corrected chi connectivity index (χ2v) is 5.37. The van der Waals surface area contributed by atoms with Gasteiger partial charge in [-0.1, -0.05) is 0 Å². The van der Waals surface area contributed by atoms with E-state index in [0.29, 0.717) is 5.82 Å². The summed E-state index contributed by atoms with van der Waals surface area (Å²) in [6.45, 7) is 2.68. The number of aromatic amines is 1. The molecule has 1 amide bonds. The molecule has 0 saturated carbocycles. The first-order valence-corrected chi connectivity index (χ1v) is 6.85.